The van der Waals surface area contributed by atoms with Crippen LogP contribution in [-0.4, -0.2) is 31.7 Å². The summed E-state index contributed by atoms with van der Waals surface area (Å²) < 4.78 is 66.3. The van der Waals surface area contributed by atoms with Crippen LogP contribution in [0.4, 0.5) is 18.9 Å². The minimum atomic E-state index is -4.67. The number of anilines is 1. The Bertz CT molecular complexity index is 989. The summed E-state index contributed by atoms with van der Waals surface area (Å²) in [5.74, 6) is -0.570. The molecule has 0 saturated heterocycles. The number of benzene rings is 2. The van der Waals surface area contributed by atoms with Crippen molar-refractivity contribution >= 4 is 21.6 Å². The Morgan fingerprint density at radius 2 is 1.72 bits per heavy atom. The van der Waals surface area contributed by atoms with Crippen molar-refractivity contribution in [2.75, 3.05) is 18.4 Å². The third-order valence-electron chi connectivity index (χ3n) is 4.36. The summed E-state index contributed by atoms with van der Waals surface area (Å²) in [5, 5.41) is 2.64. The highest BCUT2D eigenvalue weighted by molar-refractivity contribution is 7.89. The van der Waals surface area contributed by atoms with Gasteiger partial charge in [-0.2, -0.15) is 17.5 Å². The molecule has 0 heterocycles. The van der Waals surface area contributed by atoms with Crippen molar-refractivity contribution in [1.29, 1.82) is 0 Å². The van der Waals surface area contributed by atoms with Crippen LogP contribution in [-0.2, 0) is 21.0 Å². The van der Waals surface area contributed by atoms with Crippen molar-refractivity contribution in [2.24, 2.45) is 0 Å². The Morgan fingerprint density at radius 3 is 2.31 bits per heavy atom. The van der Waals surface area contributed by atoms with Gasteiger partial charge >= 0.3 is 6.18 Å². The van der Waals surface area contributed by atoms with Crippen molar-refractivity contribution in [3.63, 3.8) is 0 Å². The van der Waals surface area contributed by atoms with Crippen LogP contribution in [0.25, 0.3) is 0 Å². The second-order valence-electron chi connectivity index (χ2n) is 6.68. The van der Waals surface area contributed by atoms with E-state index in [9.17, 15) is 26.4 Å². The number of hydrogen-bond acceptors (Lipinski definition) is 3. The molecule has 0 spiro atoms. The molecule has 0 aromatic heterocycles. The summed E-state index contributed by atoms with van der Waals surface area (Å²) in [6.45, 7) is 4.27. The molecule has 1 N–H and O–H groups in total. The summed E-state index contributed by atoms with van der Waals surface area (Å²) in [5.41, 5.74) is 0.260. The normalized spacial score (nSPS) is 12.2. The maximum Gasteiger partial charge on any atom is 0.416 e. The zero-order valence-corrected chi connectivity index (χ0v) is 17.2. The van der Waals surface area contributed by atoms with E-state index in [0.717, 1.165) is 22.0 Å². The van der Waals surface area contributed by atoms with Gasteiger partial charge in [-0.3, -0.25) is 4.79 Å². The number of nitrogens with one attached hydrogen (secondary N) is 1. The molecule has 5 nitrogen and oxygen atoms in total. The lowest BCUT2D eigenvalue weighted by molar-refractivity contribution is -0.138. The fourth-order valence-electron chi connectivity index (χ4n) is 2.81. The lowest BCUT2D eigenvalue weighted by Crippen LogP contribution is -2.38. The summed E-state index contributed by atoms with van der Waals surface area (Å²) >= 11 is 0. The van der Waals surface area contributed by atoms with Gasteiger partial charge < -0.3 is 5.32 Å². The van der Waals surface area contributed by atoms with E-state index < -0.39 is 39.1 Å². The number of hydrogen-bond donors (Lipinski definition) is 1. The van der Waals surface area contributed by atoms with Crippen LogP contribution in [0.2, 0.25) is 0 Å². The zero-order valence-electron chi connectivity index (χ0n) is 16.4. The van der Waals surface area contributed by atoms with E-state index in [0.29, 0.717) is 18.2 Å². The minimum absolute atomic E-state index is 0.00124. The second kappa shape index (κ2) is 8.96. The lowest BCUT2D eigenvalue weighted by Gasteiger charge is -2.22. The number of carbonyl (C=O) groups excluding carboxylic acids is 1. The van der Waals surface area contributed by atoms with Crippen LogP contribution in [0.1, 0.15) is 30.0 Å². The van der Waals surface area contributed by atoms with Gasteiger partial charge in [0.15, 0.2) is 0 Å². The van der Waals surface area contributed by atoms with E-state index >= 15 is 0 Å². The molecule has 2 aromatic carbocycles. The lowest BCUT2D eigenvalue weighted by atomic mass is 10.1. The van der Waals surface area contributed by atoms with Crippen LogP contribution < -0.4 is 5.32 Å². The van der Waals surface area contributed by atoms with Gasteiger partial charge in [0, 0.05) is 12.2 Å². The third-order valence-corrected chi connectivity index (χ3v) is 6.21. The molecule has 0 unspecified atom stereocenters. The first-order chi connectivity index (χ1) is 13.5. The van der Waals surface area contributed by atoms with Crippen LogP contribution >= 0.6 is 0 Å². The number of aryl methyl sites for hydroxylation is 2. The standard InChI is InChI=1S/C20H23F3N2O3S/c1-4-11-25(13-19(26)24-18-8-6-5-7-15(18)3)29(27,28)16-10-9-14(2)17(12-16)20(21,22)23/h5-10,12H,4,11,13H2,1-3H3,(H,24,26). The highest BCUT2D eigenvalue weighted by Crippen LogP contribution is 2.33. The van der Waals surface area contributed by atoms with Gasteiger partial charge in [0.2, 0.25) is 15.9 Å². The van der Waals surface area contributed by atoms with Gasteiger partial charge in [-0.15, -0.1) is 0 Å². The molecule has 2 rings (SSSR count). The van der Waals surface area contributed by atoms with Crippen molar-refractivity contribution in [2.45, 2.75) is 38.3 Å². The summed E-state index contributed by atoms with van der Waals surface area (Å²) in [6.07, 6.45) is -4.28. The molecule has 0 aliphatic heterocycles. The summed E-state index contributed by atoms with van der Waals surface area (Å²) in [7, 11) is -4.29. The Morgan fingerprint density at radius 1 is 1.07 bits per heavy atom. The highest BCUT2D eigenvalue weighted by Gasteiger charge is 2.35. The van der Waals surface area contributed by atoms with E-state index in [4.69, 9.17) is 0 Å². The average Bonchev–Trinajstić information content (AvgIpc) is 2.62. The zero-order chi connectivity index (χ0) is 21.8. The van der Waals surface area contributed by atoms with Crippen molar-refractivity contribution < 1.29 is 26.4 Å². The second-order valence-corrected chi connectivity index (χ2v) is 8.61. The average molecular weight is 428 g/mol. The monoisotopic (exact) mass is 428 g/mol. The predicted octanol–water partition coefficient (Wildman–Crippen LogP) is 4.36. The number of alkyl halides is 3. The number of nitrogens with zero attached hydrogens (tertiary/aromatic N) is 1. The maximum absolute atomic E-state index is 13.2. The first-order valence-electron chi connectivity index (χ1n) is 9.00. The molecule has 158 valence electrons. The molecule has 1 amide bonds. The molecule has 0 atom stereocenters. The number of sulfonamides is 1. The van der Waals surface area contributed by atoms with Gasteiger partial charge in [0.25, 0.3) is 0 Å². The summed E-state index contributed by atoms with van der Waals surface area (Å²) in [6, 6.07) is 9.87. The Kier molecular flexibility index (Phi) is 7.07. The fourth-order valence-corrected chi connectivity index (χ4v) is 4.33. The number of halogens is 3. The van der Waals surface area contributed by atoms with Crippen molar-refractivity contribution in [3.8, 4) is 0 Å². The first kappa shape index (κ1) is 22.9. The van der Waals surface area contributed by atoms with Gasteiger partial charge in [0.1, 0.15) is 0 Å². The van der Waals surface area contributed by atoms with E-state index in [2.05, 4.69) is 5.32 Å². The minimum Gasteiger partial charge on any atom is -0.325 e. The highest BCUT2D eigenvalue weighted by atomic mass is 32.2. The van der Waals surface area contributed by atoms with Gasteiger partial charge in [-0.25, -0.2) is 8.42 Å². The Balaban J connectivity index is 2.31. The number of para-hydroxylation sites is 1. The van der Waals surface area contributed by atoms with Crippen LogP contribution in [0, 0.1) is 13.8 Å². The maximum atomic E-state index is 13.2. The predicted molar refractivity (Wildman–Crippen MR) is 105 cm³/mol. The molecule has 0 fully saturated rings. The Hall–Kier alpha value is -2.39. The Labute approximate surface area is 168 Å². The molecule has 0 radical (unpaired) electrons. The molecule has 0 saturated carbocycles. The van der Waals surface area contributed by atoms with Crippen molar-refractivity contribution in [3.05, 3.63) is 59.2 Å². The molecule has 9 heteroatoms. The van der Waals surface area contributed by atoms with E-state index in [-0.39, 0.29) is 12.1 Å². The quantitative estimate of drug-likeness (QED) is 0.713. The number of amides is 1. The molecule has 2 aromatic rings. The SMILES string of the molecule is CCCN(CC(=O)Nc1ccccc1C)S(=O)(=O)c1ccc(C)c(C(F)(F)F)c1. The molecular formula is C20H23F3N2O3S. The van der Waals surface area contributed by atoms with Gasteiger partial charge in [-0.1, -0.05) is 31.2 Å². The third kappa shape index (κ3) is 5.57. The largest absolute Gasteiger partial charge is 0.416 e. The van der Waals surface area contributed by atoms with Gasteiger partial charge in [0.05, 0.1) is 17.0 Å². The van der Waals surface area contributed by atoms with E-state index in [1.807, 2.05) is 0 Å². The van der Waals surface area contributed by atoms with Crippen molar-refractivity contribution in [1.82, 2.24) is 4.31 Å². The van der Waals surface area contributed by atoms with E-state index in [1.165, 1.54) is 6.92 Å². The van der Waals surface area contributed by atoms with Crippen LogP contribution in [0.5, 0.6) is 0 Å². The smallest absolute Gasteiger partial charge is 0.325 e. The summed E-state index contributed by atoms with van der Waals surface area (Å²) in [4.78, 5) is 11.9. The topological polar surface area (TPSA) is 66.5 Å². The molecule has 0 aliphatic rings. The molecule has 0 bridgehead atoms. The number of carbonyl (C=O) groups is 1. The number of rotatable bonds is 7. The molecular weight excluding hydrogens is 405 g/mol. The fraction of sp³-hybridized carbons (Fsp3) is 0.350. The van der Waals surface area contributed by atoms with Crippen LogP contribution in [0.15, 0.2) is 47.4 Å². The van der Waals surface area contributed by atoms with E-state index in [1.54, 1.807) is 38.1 Å². The first-order valence-corrected chi connectivity index (χ1v) is 10.4. The molecule has 29 heavy (non-hydrogen) atoms. The van der Waals surface area contributed by atoms with Gasteiger partial charge in [-0.05, 0) is 49.6 Å². The molecule has 0 aliphatic carbocycles. The van der Waals surface area contributed by atoms with Crippen LogP contribution in [0.3, 0.4) is 0 Å².